The Morgan fingerprint density at radius 2 is 2.11 bits per heavy atom. The van der Waals surface area contributed by atoms with E-state index in [2.05, 4.69) is 25.8 Å². The van der Waals surface area contributed by atoms with Crippen LogP contribution < -0.4 is 0 Å². The van der Waals surface area contributed by atoms with Gasteiger partial charge in [0.2, 0.25) is 5.89 Å². The number of aliphatic carboxylic acids is 1. The molecule has 0 saturated heterocycles. The Hall–Kier alpha value is -1.36. The zero-order valence-corrected chi connectivity index (χ0v) is 11.7. The van der Waals surface area contributed by atoms with Crippen LogP contribution in [0.2, 0.25) is 0 Å². The Bertz CT molecular complexity index is 405. The molecule has 0 unspecified atom stereocenters. The Morgan fingerprint density at radius 1 is 1.50 bits per heavy atom. The predicted molar refractivity (Wildman–Crippen MR) is 68.4 cm³/mol. The Balaban J connectivity index is 2.76. The van der Waals surface area contributed by atoms with Gasteiger partial charge in [-0.15, -0.1) is 0 Å². The van der Waals surface area contributed by atoms with Gasteiger partial charge in [0.05, 0.1) is 19.3 Å². The van der Waals surface area contributed by atoms with Crippen molar-refractivity contribution in [1.82, 2.24) is 9.88 Å². The predicted octanol–water partition coefficient (Wildman–Crippen LogP) is 2.27. The fourth-order valence-corrected chi connectivity index (χ4v) is 1.50. The van der Waals surface area contributed by atoms with Crippen LogP contribution in [0.25, 0.3) is 0 Å². The molecule has 0 aliphatic rings. The zero-order valence-electron chi connectivity index (χ0n) is 11.7. The topological polar surface area (TPSA) is 66.6 Å². The molecule has 0 amide bonds. The van der Waals surface area contributed by atoms with E-state index in [1.807, 2.05) is 13.8 Å². The van der Waals surface area contributed by atoms with Crippen molar-refractivity contribution in [2.75, 3.05) is 6.54 Å². The summed E-state index contributed by atoms with van der Waals surface area (Å²) in [4.78, 5) is 16.8. The fourth-order valence-electron chi connectivity index (χ4n) is 1.50. The van der Waals surface area contributed by atoms with Crippen LogP contribution in [0.5, 0.6) is 0 Å². The molecular formula is C13H22N2O3. The number of carboxylic acid groups (broad SMARTS) is 1. The summed E-state index contributed by atoms with van der Waals surface area (Å²) in [7, 11) is 0. The smallest absolute Gasteiger partial charge is 0.317 e. The fraction of sp³-hybridized carbons (Fsp3) is 0.692. The first-order chi connectivity index (χ1) is 8.20. The van der Waals surface area contributed by atoms with Gasteiger partial charge in [0.15, 0.2) is 0 Å². The first-order valence-corrected chi connectivity index (χ1v) is 6.11. The lowest BCUT2D eigenvalue weighted by molar-refractivity contribution is -0.139. The van der Waals surface area contributed by atoms with Gasteiger partial charge < -0.3 is 9.52 Å². The molecular weight excluding hydrogens is 232 g/mol. The van der Waals surface area contributed by atoms with Gasteiger partial charge in [-0.2, -0.15) is 0 Å². The third-order valence-electron chi connectivity index (χ3n) is 2.70. The number of carboxylic acids is 1. The summed E-state index contributed by atoms with van der Waals surface area (Å²) in [6, 6.07) is 0.131. The van der Waals surface area contributed by atoms with Crippen molar-refractivity contribution in [3.8, 4) is 0 Å². The molecule has 0 aromatic carbocycles. The van der Waals surface area contributed by atoms with Gasteiger partial charge >= 0.3 is 5.97 Å². The number of oxazole rings is 1. The molecule has 0 atom stereocenters. The quantitative estimate of drug-likeness (QED) is 0.873. The standard InChI is InChI=1S/C13H22N2O3/c1-9(2)15(8-12(16)17)7-11-14-6-10(18-11)13(3,4)5/h6,9H,7-8H2,1-5H3,(H,16,17). The normalized spacial score (nSPS) is 12.4. The minimum absolute atomic E-state index is 0.00903. The van der Waals surface area contributed by atoms with Crippen LogP contribution in [0.4, 0.5) is 0 Å². The van der Waals surface area contributed by atoms with Gasteiger partial charge in [-0.3, -0.25) is 9.69 Å². The number of rotatable bonds is 5. The molecule has 0 saturated carbocycles. The zero-order chi connectivity index (χ0) is 13.9. The van der Waals surface area contributed by atoms with E-state index >= 15 is 0 Å². The molecule has 1 N–H and O–H groups in total. The van der Waals surface area contributed by atoms with Gasteiger partial charge in [-0.1, -0.05) is 20.8 Å². The van der Waals surface area contributed by atoms with Gasteiger partial charge in [-0.05, 0) is 13.8 Å². The van der Waals surface area contributed by atoms with Gasteiger partial charge in [0.25, 0.3) is 0 Å². The van der Waals surface area contributed by atoms with Crippen LogP contribution in [0, 0.1) is 0 Å². The highest BCUT2D eigenvalue weighted by atomic mass is 16.4. The van der Waals surface area contributed by atoms with Crippen LogP contribution in [0.15, 0.2) is 10.6 Å². The van der Waals surface area contributed by atoms with Crippen LogP contribution in [0.1, 0.15) is 46.3 Å². The van der Waals surface area contributed by atoms with Crippen molar-refractivity contribution in [2.45, 2.75) is 52.6 Å². The van der Waals surface area contributed by atoms with E-state index in [1.165, 1.54) is 0 Å². The molecule has 0 aliphatic heterocycles. The minimum Gasteiger partial charge on any atom is -0.480 e. The lowest BCUT2D eigenvalue weighted by Crippen LogP contribution is -2.35. The van der Waals surface area contributed by atoms with E-state index < -0.39 is 5.97 Å². The second-order valence-corrected chi connectivity index (χ2v) is 5.76. The average Bonchev–Trinajstić information content (AvgIpc) is 2.63. The van der Waals surface area contributed by atoms with Crippen molar-refractivity contribution in [2.24, 2.45) is 0 Å². The van der Waals surface area contributed by atoms with E-state index in [0.717, 1.165) is 5.76 Å². The SMILES string of the molecule is CC(C)N(CC(=O)O)Cc1ncc(C(C)(C)C)o1. The van der Waals surface area contributed by atoms with Gasteiger partial charge in [0.1, 0.15) is 5.76 Å². The Kier molecular flexibility index (Phi) is 4.51. The summed E-state index contributed by atoms with van der Waals surface area (Å²) in [6.07, 6.45) is 1.72. The molecule has 1 aromatic rings. The first-order valence-electron chi connectivity index (χ1n) is 6.11. The van der Waals surface area contributed by atoms with Crippen LogP contribution >= 0.6 is 0 Å². The van der Waals surface area contributed by atoms with Crippen LogP contribution in [-0.4, -0.2) is 33.5 Å². The largest absolute Gasteiger partial charge is 0.480 e. The average molecular weight is 254 g/mol. The summed E-state index contributed by atoms with van der Waals surface area (Å²) in [6.45, 7) is 10.5. The van der Waals surface area contributed by atoms with Gasteiger partial charge in [-0.25, -0.2) is 4.98 Å². The summed E-state index contributed by atoms with van der Waals surface area (Å²) < 4.78 is 5.66. The molecule has 1 rings (SSSR count). The highest BCUT2D eigenvalue weighted by molar-refractivity contribution is 5.69. The summed E-state index contributed by atoms with van der Waals surface area (Å²) in [5.74, 6) is 0.540. The Morgan fingerprint density at radius 3 is 2.50 bits per heavy atom. The van der Waals surface area contributed by atoms with E-state index in [0.29, 0.717) is 12.4 Å². The first kappa shape index (κ1) is 14.7. The maximum atomic E-state index is 10.8. The number of carbonyl (C=O) groups is 1. The van der Waals surface area contributed by atoms with E-state index in [4.69, 9.17) is 9.52 Å². The highest BCUT2D eigenvalue weighted by Crippen LogP contribution is 2.23. The molecule has 0 radical (unpaired) electrons. The summed E-state index contributed by atoms with van der Waals surface area (Å²) >= 11 is 0. The van der Waals surface area contributed by atoms with Crippen molar-refractivity contribution in [1.29, 1.82) is 0 Å². The Labute approximate surface area is 108 Å². The lowest BCUT2D eigenvalue weighted by atomic mass is 9.94. The highest BCUT2D eigenvalue weighted by Gasteiger charge is 2.21. The van der Waals surface area contributed by atoms with Crippen molar-refractivity contribution >= 4 is 5.97 Å². The lowest BCUT2D eigenvalue weighted by Gasteiger charge is -2.22. The number of hydrogen-bond donors (Lipinski definition) is 1. The molecule has 0 bridgehead atoms. The summed E-state index contributed by atoms with van der Waals surface area (Å²) in [5.41, 5.74) is -0.0826. The molecule has 0 fully saturated rings. The minimum atomic E-state index is -0.841. The summed E-state index contributed by atoms with van der Waals surface area (Å²) in [5, 5.41) is 8.85. The van der Waals surface area contributed by atoms with E-state index in [-0.39, 0.29) is 18.0 Å². The van der Waals surface area contributed by atoms with E-state index in [9.17, 15) is 4.79 Å². The number of nitrogens with zero attached hydrogens (tertiary/aromatic N) is 2. The number of aromatic nitrogens is 1. The maximum absolute atomic E-state index is 10.8. The third kappa shape index (κ3) is 4.14. The third-order valence-corrected chi connectivity index (χ3v) is 2.70. The molecule has 1 aromatic heterocycles. The van der Waals surface area contributed by atoms with Crippen LogP contribution in [-0.2, 0) is 16.8 Å². The van der Waals surface area contributed by atoms with E-state index in [1.54, 1.807) is 11.1 Å². The second kappa shape index (κ2) is 5.52. The van der Waals surface area contributed by atoms with Crippen molar-refractivity contribution in [3.05, 3.63) is 17.8 Å². The van der Waals surface area contributed by atoms with Crippen LogP contribution in [0.3, 0.4) is 0 Å². The maximum Gasteiger partial charge on any atom is 0.317 e. The van der Waals surface area contributed by atoms with Crippen molar-refractivity contribution in [3.63, 3.8) is 0 Å². The monoisotopic (exact) mass is 254 g/mol. The molecule has 5 heteroatoms. The molecule has 0 spiro atoms. The van der Waals surface area contributed by atoms with Crippen molar-refractivity contribution < 1.29 is 14.3 Å². The molecule has 102 valence electrons. The molecule has 5 nitrogen and oxygen atoms in total. The molecule has 18 heavy (non-hydrogen) atoms. The molecule has 1 heterocycles. The number of hydrogen-bond acceptors (Lipinski definition) is 4. The second-order valence-electron chi connectivity index (χ2n) is 5.76. The molecule has 0 aliphatic carbocycles. The van der Waals surface area contributed by atoms with Gasteiger partial charge in [0, 0.05) is 11.5 Å².